The fraction of sp³-hybridized carbons (Fsp3) is 1.00. The van der Waals surface area contributed by atoms with Crippen molar-refractivity contribution in [1.82, 2.24) is 4.90 Å². The monoisotopic (exact) mass is 271 g/mol. The van der Waals surface area contributed by atoms with E-state index in [-0.39, 0.29) is 16.5 Å². The highest BCUT2D eigenvalue weighted by molar-refractivity contribution is 14.1. The van der Waals surface area contributed by atoms with E-state index in [0.29, 0.717) is 0 Å². The number of ether oxygens (including phenoxy) is 2. The third kappa shape index (κ3) is 2.85. The third-order valence-corrected chi connectivity index (χ3v) is 2.84. The predicted octanol–water partition coefficient (Wildman–Crippen LogP) is 1.07. The van der Waals surface area contributed by atoms with Crippen LogP contribution in [0.1, 0.15) is 6.92 Å². The van der Waals surface area contributed by atoms with E-state index >= 15 is 0 Å². The van der Waals surface area contributed by atoms with Gasteiger partial charge >= 0.3 is 0 Å². The summed E-state index contributed by atoms with van der Waals surface area (Å²) in [5.74, 6) is 0. The van der Waals surface area contributed by atoms with Crippen molar-refractivity contribution in [2.75, 3.05) is 20.6 Å². The Morgan fingerprint density at radius 3 is 2.36 bits per heavy atom. The second-order valence-electron chi connectivity index (χ2n) is 3.02. The Morgan fingerprint density at radius 2 is 2.00 bits per heavy atom. The summed E-state index contributed by atoms with van der Waals surface area (Å²) in [6.07, 6.45) is 0.183. The van der Waals surface area contributed by atoms with Crippen LogP contribution in [-0.2, 0) is 9.47 Å². The van der Waals surface area contributed by atoms with Crippen LogP contribution in [0.2, 0.25) is 0 Å². The molecule has 0 saturated carbocycles. The zero-order valence-corrected chi connectivity index (χ0v) is 9.24. The lowest BCUT2D eigenvalue weighted by Gasteiger charge is -2.14. The summed E-state index contributed by atoms with van der Waals surface area (Å²) in [5, 5.41) is 0. The Balaban J connectivity index is 2.29. The molecule has 0 radical (unpaired) electrons. The summed E-state index contributed by atoms with van der Waals surface area (Å²) < 4.78 is 11.2. The van der Waals surface area contributed by atoms with E-state index in [2.05, 4.69) is 27.5 Å². The minimum absolute atomic E-state index is 0.0399. The number of hydrogen-bond acceptors (Lipinski definition) is 3. The molecule has 3 atom stereocenters. The van der Waals surface area contributed by atoms with Gasteiger partial charge in [0.05, 0.1) is 6.10 Å². The molecule has 1 aliphatic rings. The SMILES string of the molecule is CC1O[C@H](CN(C)C)OC1I. The molecule has 2 unspecified atom stereocenters. The van der Waals surface area contributed by atoms with Gasteiger partial charge in [0.25, 0.3) is 0 Å². The first-order chi connectivity index (χ1) is 5.09. The summed E-state index contributed by atoms with van der Waals surface area (Å²) in [7, 11) is 4.02. The highest BCUT2D eigenvalue weighted by Crippen LogP contribution is 2.23. The van der Waals surface area contributed by atoms with Gasteiger partial charge in [0, 0.05) is 6.54 Å². The van der Waals surface area contributed by atoms with Gasteiger partial charge in [0.15, 0.2) is 6.29 Å². The number of hydrogen-bond donors (Lipinski definition) is 0. The molecule has 1 rings (SSSR count). The molecule has 0 bridgehead atoms. The molecule has 0 spiro atoms. The fourth-order valence-electron chi connectivity index (χ4n) is 0.973. The standard InChI is InChI=1S/C7H14INO2/c1-5-7(8)11-6(10-5)4-9(2)3/h5-7H,4H2,1-3H3/t5?,6-,7?/m0/s1. The van der Waals surface area contributed by atoms with E-state index in [1.165, 1.54) is 0 Å². The van der Waals surface area contributed by atoms with Crippen LogP contribution in [0.15, 0.2) is 0 Å². The molecule has 3 nitrogen and oxygen atoms in total. The number of rotatable bonds is 2. The van der Waals surface area contributed by atoms with Crippen LogP contribution in [0.5, 0.6) is 0 Å². The topological polar surface area (TPSA) is 21.7 Å². The molecule has 66 valence electrons. The molecule has 0 aromatic rings. The number of halogens is 1. The number of alkyl halides is 1. The molecular weight excluding hydrogens is 257 g/mol. The number of likely N-dealkylation sites (N-methyl/N-ethyl adjacent to an activating group) is 1. The maximum Gasteiger partial charge on any atom is 0.172 e. The van der Waals surface area contributed by atoms with E-state index in [1.54, 1.807) is 0 Å². The summed E-state index contributed by atoms with van der Waals surface area (Å²) in [6, 6.07) is 0. The molecule has 0 aromatic carbocycles. The maximum atomic E-state index is 5.51. The van der Waals surface area contributed by atoms with Gasteiger partial charge in [-0.25, -0.2) is 0 Å². The highest BCUT2D eigenvalue weighted by atomic mass is 127. The van der Waals surface area contributed by atoms with Crippen LogP contribution in [0, 0.1) is 0 Å². The van der Waals surface area contributed by atoms with Gasteiger partial charge in [-0.3, -0.25) is 0 Å². The lowest BCUT2D eigenvalue weighted by Crippen LogP contribution is -2.26. The maximum absolute atomic E-state index is 5.51. The van der Waals surface area contributed by atoms with E-state index in [0.717, 1.165) is 6.54 Å². The van der Waals surface area contributed by atoms with Crippen LogP contribution in [0.25, 0.3) is 0 Å². The van der Waals surface area contributed by atoms with Gasteiger partial charge in [-0.2, -0.15) is 0 Å². The van der Waals surface area contributed by atoms with Gasteiger partial charge in [-0.1, -0.05) is 0 Å². The minimum Gasteiger partial charge on any atom is -0.345 e. The zero-order valence-electron chi connectivity index (χ0n) is 7.08. The van der Waals surface area contributed by atoms with Crippen LogP contribution < -0.4 is 0 Å². The van der Waals surface area contributed by atoms with Crippen LogP contribution in [-0.4, -0.2) is 42.0 Å². The zero-order chi connectivity index (χ0) is 8.43. The Kier molecular flexibility index (Phi) is 3.54. The van der Waals surface area contributed by atoms with E-state index < -0.39 is 0 Å². The first-order valence-corrected chi connectivity index (χ1v) is 4.94. The molecule has 4 heteroatoms. The first-order valence-electron chi connectivity index (χ1n) is 3.69. The van der Waals surface area contributed by atoms with Crippen molar-refractivity contribution in [3.05, 3.63) is 0 Å². The average molecular weight is 271 g/mol. The Labute approximate surface area is 81.2 Å². The normalized spacial score (nSPS) is 38.5. The second-order valence-corrected chi connectivity index (χ2v) is 4.25. The van der Waals surface area contributed by atoms with Crippen molar-refractivity contribution in [1.29, 1.82) is 0 Å². The molecule has 0 amide bonds. The molecule has 11 heavy (non-hydrogen) atoms. The van der Waals surface area contributed by atoms with Crippen LogP contribution >= 0.6 is 22.6 Å². The Bertz CT molecular complexity index is 119. The molecule has 1 saturated heterocycles. The van der Waals surface area contributed by atoms with Gasteiger partial charge in [0.1, 0.15) is 4.11 Å². The van der Waals surface area contributed by atoms with Crippen LogP contribution in [0.3, 0.4) is 0 Å². The van der Waals surface area contributed by atoms with Crippen molar-refractivity contribution >= 4 is 22.6 Å². The summed E-state index contributed by atoms with van der Waals surface area (Å²) in [4.78, 5) is 2.06. The summed E-state index contributed by atoms with van der Waals surface area (Å²) >= 11 is 2.25. The summed E-state index contributed by atoms with van der Waals surface area (Å²) in [6.45, 7) is 2.87. The lowest BCUT2D eigenvalue weighted by atomic mass is 10.5. The second kappa shape index (κ2) is 4.02. The average Bonchev–Trinajstić information content (AvgIpc) is 2.10. The summed E-state index contributed by atoms with van der Waals surface area (Å²) in [5.41, 5.74) is 0. The van der Waals surface area contributed by atoms with Crippen molar-refractivity contribution in [2.45, 2.75) is 23.4 Å². The molecule has 1 heterocycles. The Hall–Kier alpha value is 0.610. The predicted molar refractivity (Wildman–Crippen MR) is 51.8 cm³/mol. The minimum atomic E-state index is -0.0399. The molecule has 0 N–H and O–H groups in total. The van der Waals surface area contributed by atoms with Crippen molar-refractivity contribution in [3.8, 4) is 0 Å². The largest absolute Gasteiger partial charge is 0.345 e. The molecule has 0 aromatic heterocycles. The van der Waals surface area contributed by atoms with Gasteiger partial charge in [0.2, 0.25) is 0 Å². The smallest absolute Gasteiger partial charge is 0.172 e. The van der Waals surface area contributed by atoms with E-state index in [9.17, 15) is 0 Å². The highest BCUT2D eigenvalue weighted by Gasteiger charge is 2.30. The third-order valence-electron chi connectivity index (χ3n) is 1.53. The lowest BCUT2D eigenvalue weighted by molar-refractivity contribution is -0.0677. The fourth-order valence-corrected chi connectivity index (χ4v) is 1.47. The van der Waals surface area contributed by atoms with Gasteiger partial charge in [-0.15, -0.1) is 0 Å². The van der Waals surface area contributed by atoms with Crippen molar-refractivity contribution in [3.63, 3.8) is 0 Å². The Morgan fingerprint density at radius 1 is 1.36 bits per heavy atom. The molecular formula is C7H14INO2. The van der Waals surface area contributed by atoms with Crippen molar-refractivity contribution < 1.29 is 9.47 Å². The van der Waals surface area contributed by atoms with E-state index in [4.69, 9.17) is 9.47 Å². The molecule has 1 fully saturated rings. The molecule has 1 aliphatic heterocycles. The van der Waals surface area contributed by atoms with Crippen LogP contribution in [0.4, 0.5) is 0 Å². The molecule has 0 aliphatic carbocycles. The van der Waals surface area contributed by atoms with E-state index in [1.807, 2.05) is 21.0 Å². The van der Waals surface area contributed by atoms with Crippen molar-refractivity contribution in [2.24, 2.45) is 0 Å². The first kappa shape index (κ1) is 9.70. The number of nitrogens with zero attached hydrogens (tertiary/aromatic N) is 1. The van der Waals surface area contributed by atoms with Gasteiger partial charge in [-0.05, 0) is 43.6 Å². The van der Waals surface area contributed by atoms with Gasteiger partial charge < -0.3 is 14.4 Å². The quantitative estimate of drug-likeness (QED) is 0.554.